The predicted molar refractivity (Wildman–Crippen MR) is 141 cm³/mol. The first-order valence-electron chi connectivity index (χ1n) is 11.9. The average molecular weight is 530 g/mol. The number of sulfonamides is 1. The minimum absolute atomic E-state index is 0.00540. The van der Waals surface area contributed by atoms with Crippen LogP contribution in [0.4, 0.5) is 16.0 Å². The second-order valence-electron chi connectivity index (χ2n) is 9.16. The van der Waals surface area contributed by atoms with Gasteiger partial charge in [0, 0.05) is 24.2 Å². The largest absolute Gasteiger partial charge is 0.493 e. The molecule has 0 saturated heterocycles. The smallest absolute Gasteiger partial charge is 0.281 e. The predicted octanol–water partition coefficient (Wildman–Crippen LogP) is 4.25. The molecular formula is C26H32FN5O4S. The zero-order valence-corrected chi connectivity index (χ0v) is 22.3. The van der Waals surface area contributed by atoms with Gasteiger partial charge in [-0.05, 0) is 63.1 Å². The van der Waals surface area contributed by atoms with Crippen LogP contribution in [0.3, 0.4) is 0 Å². The summed E-state index contributed by atoms with van der Waals surface area (Å²) < 4.78 is 47.7. The van der Waals surface area contributed by atoms with Crippen molar-refractivity contribution in [1.82, 2.24) is 14.7 Å². The van der Waals surface area contributed by atoms with Crippen LogP contribution >= 0.6 is 0 Å². The topological polar surface area (TPSA) is 128 Å². The molecule has 0 aliphatic carbocycles. The Morgan fingerprint density at radius 3 is 2.46 bits per heavy atom. The van der Waals surface area contributed by atoms with Gasteiger partial charge in [0.25, 0.3) is 15.9 Å². The molecular weight excluding hydrogens is 497 g/mol. The number of hydrogen-bond acceptors (Lipinski definition) is 8. The van der Waals surface area contributed by atoms with Crippen molar-refractivity contribution in [3.8, 4) is 17.0 Å². The van der Waals surface area contributed by atoms with Crippen LogP contribution in [0.15, 0.2) is 53.6 Å². The molecule has 0 radical (unpaired) electrons. The molecule has 0 unspecified atom stereocenters. The molecule has 3 aromatic rings. The molecule has 0 spiro atoms. The number of rotatable bonds is 10. The van der Waals surface area contributed by atoms with Crippen molar-refractivity contribution in [1.29, 1.82) is 0 Å². The third kappa shape index (κ3) is 6.94. The Bertz CT molecular complexity index is 1380. The molecule has 2 aromatic heterocycles. The number of pyridine rings is 2. The standard InChI is InChI=1S/C26H32FN5O4S/c1-6-32(17(4)5)25-21(26(33)31-37(34,35)24-9-7-8-23(28)30-24)10-11-22(29-25)18-12-19(27)14-20(13-18)36-15-16(2)3/h7-14,16-17H,6,15H2,1-5H3,(H2,28,30)(H,31,33). The van der Waals surface area contributed by atoms with Crippen LogP contribution in [0, 0.1) is 11.7 Å². The van der Waals surface area contributed by atoms with Crippen LogP contribution in [0.1, 0.15) is 45.0 Å². The summed E-state index contributed by atoms with van der Waals surface area (Å²) in [6.07, 6.45) is 0. The lowest BCUT2D eigenvalue weighted by molar-refractivity contribution is 0.0981. The Morgan fingerprint density at radius 1 is 1.11 bits per heavy atom. The third-order valence-corrected chi connectivity index (χ3v) is 6.59. The van der Waals surface area contributed by atoms with Crippen molar-refractivity contribution in [2.45, 2.75) is 45.7 Å². The van der Waals surface area contributed by atoms with Crippen molar-refractivity contribution in [2.75, 3.05) is 23.8 Å². The van der Waals surface area contributed by atoms with Gasteiger partial charge >= 0.3 is 0 Å². The number of halogens is 1. The van der Waals surface area contributed by atoms with E-state index in [1.807, 2.05) is 44.2 Å². The molecule has 2 heterocycles. The van der Waals surface area contributed by atoms with Gasteiger partial charge in [0.1, 0.15) is 23.2 Å². The fourth-order valence-corrected chi connectivity index (χ4v) is 4.57. The first-order valence-corrected chi connectivity index (χ1v) is 13.4. The Kier molecular flexibility index (Phi) is 8.69. The summed E-state index contributed by atoms with van der Waals surface area (Å²) in [6, 6.07) is 11.4. The summed E-state index contributed by atoms with van der Waals surface area (Å²) in [5.41, 5.74) is 6.50. The number of benzene rings is 1. The lowest BCUT2D eigenvalue weighted by Gasteiger charge is -2.28. The molecule has 3 rings (SSSR count). The van der Waals surface area contributed by atoms with E-state index in [-0.39, 0.29) is 34.2 Å². The zero-order valence-electron chi connectivity index (χ0n) is 21.5. The van der Waals surface area contributed by atoms with Crippen LogP contribution < -0.4 is 20.1 Å². The van der Waals surface area contributed by atoms with Crippen molar-refractivity contribution < 1.29 is 22.3 Å². The molecule has 198 valence electrons. The van der Waals surface area contributed by atoms with E-state index in [4.69, 9.17) is 10.5 Å². The SMILES string of the molecule is CCN(c1nc(-c2cc(F)cc(OCC(C)C)c2)ccc1C(=O)NS(=O)(=O)c1cccc(N)n1)C(C)C. The van der Waals surface area contributed by atoms with E-state index in [0.29, 0.717) is 30.2 Å². The van der Waals surface area contributed by atoms with Crippen LogP contribution in [0.25, 0.3) is 11.3 Å². The minimum Gasteiger partial charge on any atom is -0.493 e. The molecule has 0 fully saturated rings. The molecule has 0 aliphatic heterocycles. The quantitative estimate of drug-likeness (QED) is 0.399. The fraction of sp³-hybridized carbons (Fsp3) is 0.346. The number of nitrogens with two attached hydrogens (primary N) is 1. The van der Waals surface area contributed by atoms with Crippen LogP contribution in [0.2, 0.25) is 0 Å². The van der Waals surface area contributed by atoms with Gasteiger partial charge in [-0.1, -0.05) is 19.9 Å². The molecule has 11 heteroatoms. The second kappa shape index (κ2) is 11.5. The molecule has 1 amide bonds. The second-order valence-corrected chi connectivity index (χ2v) is 10.8. The molecule has 37 heavy (non-hydrogen) atoms. The highest BCUT2D eigenvalue weighted by atomic mass is 32.2. The van der Waals surface area contributed by atoms with Crippen molar-refractivity contribution in [3.63, 3.8) is 0 Å². The highest BCUT2D eigenvalue weighted by Gasteiger charge is 2.26. The summed E-state index contributed by atoms with van der Waals surface area (Å²) in [5.74, 6) is -0.470. The lowest BCUT2D eigenvalue weighted by atomic mass is 10.1. The van der Waals surface area contributed by atoms with Gasteiger partial charge in [0.2, 0.25) is 0 Å². The summed E-state index contributed by atoms with van der Waals surface area (Å²) in [7, 11) is -4.29. The molecule has 1 aromatic carbocycles. The summed E-state index contributed by atoms with van der Waals surface area (Å²) in [4.78, 5) is 23.5. The number of ether oxygens (including phenoxy) is 1. The van der Waals surface area contributed by atoms with Gasteiger partial charge < -0.3 is 15.4 Å². The highest BCUT2D eigenvalue weighted by Crippen LogP contribution is 2.29. The van der Waals surface area contributed by atoms with Gasteiger partial charge in [-0.3, -0.25) is 4.79 Å². The monoisotopic (exact) mass is 529 g/mol. The maximum atomic E-state index is 14.4. The van der Waals surface area contributed by atoms with Crippen molar-refractivity contribution in [3.05, 3.63) is 59.9 Å². The van der Waals surface area contributed by atoms with Gasteiger partial charge in [-0.25, -0.2) is 19.1 Å². The number of hydrogen-bond donors (Lipinski definition) is 2. The van der Waals surface area contributed by atoms with E-state index in [9.17, 15) is 17.6 Å². The number of aromatic nitrogens is 2. The maximum Gasteiger partial charge on any atom is 0.281 e. The number of nitrogens with one attached hydrogen (secondary N) is 1. The molecule has 0 aliphatic rings. The first-order chi connectivity index (χ1) is 17.4. The summed E-state index contributed by atoms with van der Waals surface area (Å²) in [6.45, 7) is 10.6. The van der Waals surface area contributed by atoms with E-state index in [1.54, 1.807) is 12.1 Å². The van der Waals surface area contributed by atoms with Gasteiger partial charge in [-0.15, -0.1) is 0 Å². The number of amides is 1. The van der Waals surface area contributed by atoms with E-state index in [2.05, 4.69) is 9.97 Å². The minimum atomic E-state index is -4.29. The number of carbonyl (C=O) groups is 1. The Labute approximate surface area is 216 Å². The maximum absolute atomic E-state index is 14.4. The van der Waals surface area contributed by atoms with E-state index in [0.717, 1.165) is 0 Å². The van der Waals surface area contributed by atoms with E-state index in [1.165, 1.54) is 36.4 Å². The zero-order chi connectivity index (χ0) is 27.3. The normalized spacial score (nSPS) is 11.6. The Hall–Kier alpha value is -3.73. The van der Waals surface area contributed by atoms with Gasteiger partial charge in [0.15, 0.2) is 5.03 Å². The molecule has 0 bridgehead atoms. The Balaban J connectivity index is 2.04. The van der Waals surface area contributed by atoms with Gasteiger partial charge in [0.05, 0.1) is 17.9 Å². The number of anilines is 2. The molecule has 9 nitrogen and oxygen atoms in total. The molecule has 3 N–H and O–H groups in total. The van der Waals surface area contributed by atoms with Crippen LogP contribution in [-0.4, -0.2) is 43.5 Å². The van der Waals surface area contributed by atoms with Gasteiger partial charge in [-0.2, -0.15) is 8.42 Å². The molecule has 0 saturated carbocycles. The number of nitrogen functional groups attached to an aromatic ring is 1. The average Bonchev–Trinajstić information content (AvgIpc) is 2.82. The van der Waals surface area contributed by atoms with E-state index >= 15 is 0 Å². The van der Waals surface area contributed by atoms with Crippen molar-refractivity contribution in [2.24, 2.45) is 5.92 Å². The summed E-state index contributed by atoms with van der Waals surface area (Å²) >= 11 is 0. The van der Waals surface area contributed by atoms with E-state index < -0.39 is 21.7 Å². The summed E-state index contributed by atoms with van der Waals surface area (Å²) in [5, 5.41) is -0.378. The fourth-order valence-electron chi connectivity index (χ4n) is 3.63. The van der Waals surface area contributed by atoms with Crippen molar-refractivity contribution >= 4 is 27.6 Å². The number of carbonyl (C=O) groups excluding carboxylic acids is 1. The first kappa shape index (κ1) is 27.9. The lowest BCUT2D eigenvalue weighted by Crippen LogP contribution is -2.36. The highest BCUT2D eigenvalue weighted by molar-refractivity contribution is 7.90. The van der Waals surface area contributed by atoms with Crippen LogP contribution in [0.5, 0.6) is 5.75 Å². The Morgan fingerprint density at radius 2 is 1.84 bits per heavy atom. The van der Waals surface area contributed by atoms with Crippen LogP contribution in [-0.2, 0) is 10.0 Å². The third-order valence-electron chi connectivity index (χ3n) is 5.35. The molecule has 0 atom stereocenters. The number of nitrogens with zero attached hydrogens (tertiary/aromatic N) is 3.